The molecular formula is C22H20FN5O2S2. The van der Waals surface area contributed by atoms with Gasteiger partial charge in [0.15, 0.2) is 15.8 Å². The van der Waals surface area contributed by atoms with E-state index in [9.17, 15) is 9.18 Å². The van der Waals surface area contributed by atoms with Gasteiger partial charge in [0, 0.05) is 5.75 Å². The third-order valence-electron chi connectivity index (χ3n) is 4.40. The van der Waals surface area contributed by atoms with E-state index in [0.717, 1.165) is 10.1 Å². The number of nitrogens with zero attached hydrogens (tertiary/aromatic N) is 4. The second-order valence-corrected chi connectivity index (χ2v) is 9.00. The van der Waals surface area contributed by atoms with Gasteiger partial charge in [0.05, 0.1) is 18.5 Å². The standard InChI is InChI=1S/C22H20FN5O2S2/c1-3-30-18-12-28(17-10-8-16(23)9-11-17)27-19(18)20(29)24-21-25-26-22(32-21)31-13-15-6-4-14(2)5-7-15/h4-12H,3,13H2,1-2H3,(H,24,25,29). The van der Waals surface area contributed by atoms with Gasteiger partial charge in [-0.15, -0.1) is 10.2 Å². The first kappa shape index (κ1) is 22.0. The lowest BCUT2D eigenvalue weighted by Crippen LogP contribution is -2.14. The van der Waals surface area contributed by atoms with Crippen molar-refractivity contribution in [1.29, 1.82) is 0 Å². The van der Waals surface area contributed by atoms with Crippen LogP contribution in [0.2, 0.25) is 0 Å². The van der Waals surface area contributed by atoms with Gasteiger partial charge in [-0.3, -0.25) is 10.1 Å². The minimum Gasteiger partial charge on any atom is -0.490 e. The molecule has 0 aliphatic heterocycles. The summed E-state index contributed by atoms with van der Waals surface area (Å²) in [6, 6.07) is 14.1. The molecule has 7 nitrogen and oxygen atoms in total. The van der Waals surface area contributed by atoms with E-state index >= 15 is 0 Å². The number of benzene rings is 2. The Hall–Kier alpha value is -3.24. The van der Waals surface area contributed by atoms with Gasteiger partial charge in [-0.2, -0.15) is 5.10 Å². The summed E-state index contributed by atoms with van der Waals surface area (Å²) in [7, 11) is 0. The number of carbonyl (C=O) groups is 1. The molecule has 0 aliphatic carbocycles. The van der Waals surface area contributed by atoms with E-state index in [2.05, 4.69) is 51.8 Å². The first-order valence-electron chi connectivity index (χ1n) is 9.83. The van der Waals surface area contributed by atoms with Crippen molar-refractivity contribution < 1.29 is 13.9 Å². The molecule has 0 atom stereocenters. The van der Waals surface area contributed by atoms with Crippen molar-refractivity contribution in [3.8, 4) is 11.4 Å². The first-order valence-corrected chi connectivity index (χ1v) is 11.6. The molecule has 164 valence electrons. The molecule has 0 aliphatic rings. The maximum atomic E-state index is 13.2. The molecule has 0 saturated carbocycles. The highest BCUT2D eigenvalue weighted by molar-refractivity contribution is 8.00. The van der Waals surface area contributed by atoms with Gasteiger partial charge in [0.25, 0.3) is 5.91 Å². The van der Waals surface area contributed by atoms with E-state index in [-0.39, 0.29) is 11.5 Å². The van der Waals surface area contributed by atoms with Crippen LogP contribution in [0.25, 0.3) is 5.69 Å². The van der Waals surface area contributed by atoms with Gasteiger partial charge < -0.3 is 4.74 Å². The summed E-state index contributed by atoms with van der Waals surface area (Å²) < 4.78 is 21.0. The highest BCUT2D eigenvalue weighted by atomic mass is 32.2. The third kappa shape index (κ3) is 5.32. The zero-order valence-electron chi connectivity index (χ0n) is 17.4. The molecular weight excluding hydrogens is 449 g/mol. The number of hydrogen-bond donors (Lipinski definition) is 1. The summed E-state index contributed by atoms with van der Waals surface area (Å²) in [5.74, 6) is 0.281. The monoisotopic (exact) mass is 469 g/mol. The number of halogens is 1. The summed E-state index contributed by atoms with van der Waals surface area (Å²) in [5.41, 5.74) is 3.12. The molecule has 2 aromatic carbocycles. The zero-order valence-corrected chi connectivity index (χ0v) is 19.0. The summed E-state index contributed by atoms with van der Waals surface area (Å²) in [6.45, 7) is 4.24. The Morgan fingerprint density at radius 3 is 2.62 bits per heavy atom. The van der Waals surface area contributed by atoms with E-state index in [1.54, 1.807) is 30.1 Å². The molecule has 4 rings (SSSR count). The number of carbonyl (C=O) groups excluding carboxylic acids is 1. The second-order valence-electron chi connectivity index (χ2n) is 6.80. The molecule has 0 radical (unpaired) electrons. The van der Waals surface area contributed by atoms with Crippen molar-refractivity contribution in [2.75, 3.05) is 11.9 Å². The normalized spacial score (nSPS) is 10.8. The highest BCUT2D eigenvalue weighted by Crippen LogP contribution is 2.29. The number of anilines is 1. The van der Waals surface area contributed by atoms with Crippen molar-refractivity contribution in [1.82, 2.24) is 20.0 Å². The summed E-state index contributed by atoms with van der Waals surface area (Å²) in [6.07, 6.45) is 1.59. The van der Waals surface area contributed by atoms with Crippen molar-refractivity contribution in [2.45, 2.75) is 23.9 Å². The first-order chi connectivity index (χ1) is 15.5. The summed E-state index contributed by atoms with van der Waals surface area (Å²) in [5, 5.41) is 15.6. The van der Waals surface area contributed by atoms with E-state index < -0.39 is 5.91 Å². The van der Waals surface area contributed by atoms with Gasteiger partial charge in [-0.1, -0.05) is 52.9 Å². The lowest BCUT2D eigenvalue weighted by atomic mass is 10.2. The Morgan fingerprint density at radius 1 is 1.16 bits per heavy atom. The van der Waals surface area contributed by atoms with Crippen molar-refractivity contribution in [2.24, 2.45) is 0 Å². The van der Waals surface area contributed by atoms with Crippen LogP contribution in [0, 0.1) is 12.7 Å². The maximum Gasteiger partial charge on any atom is 0.281 e. The molecule has 10 heteroatoms. The molecule has 0 spiro atoms. The zero-order chi connectivity index (χ0) is 22.5. The number of hydrogen-bond acceptors (Lipinski definition) is 7. The van der Waals surface area contributed by atoms with Crippen LogP contribution < -0.4 is 10.1 Å². The maximum absolute atomic E-state index is 13.2. The average Bonchev–Trinajstić information content (AvgIpc) is 3.41. The minimum atomic E-state index is -0.458. The quantitative estimate of drug-likeness (QED) is 0.285. The molecule has 2 aromatic heterocycles. The van der Waals surface area contributed by atoms with Gasteiger partial charge in [-0.25, -0.2) is 9.07 Å². The van der Waals surface area contributed by atoms with Gasteiger partial charge in [0.1, 0.15) is 5.82 Å². The SMILES string of the molecule is CCOc1cn(-c2ccc(F)cc2)nc1C(=O)Nc1nnc(SCc2ccc(C)cc2)s1. The van der Waals surface area contributed by atoms with Crippen molar-refractivity contribution >= 4 is 34.1 Å². The Kier molecular flexibility index (Phi) is 6.81. The number of aryl methyl sites for hydroxylation is 1. The van der Waals surface area contributed by atoms with Crippen LogP contribution in [0.1, 0.15) is 28.5 Å². The van der Waals surface area contributed by atoms with Crippen LogP contribution in [0.5, 0.6) is 5.75 Å². The molecule has 0 bridgehead atoms. The van der Waals surface area contributed by atoms with Crippen molar-refractivity contribution in [3.05, 3.63) is 77.4 Å². The van der Waals surface area contributed by atoms with Crippen LogP contribution in [0.3, 0.4) is 0 Å². The molecule has 1 amide bonds. The number of aromatic nitrogens is 4. The Morgan fingerprint density at radius 2 is 1.91 bits per heavy atom. The molecule has 32 heavy (non-hydrogen) atoms. The predicted molar refractivity (Wildman–Crippen MR) is 123 cm³/mol. The van der Waals surface area contributed by atoms with Crippen LogP contribution >= 0.6 is 23.1 Å². The van der Waals surface area contributed by atoms with Gasteiger partial charge in [0.2, 0.25) is 5.13 Å². The number of rotatable bonds is 8. The van der Waals surface area contributed by atoms with Crippen LogP contribution in [-0.2, 0) is 5.75 Å². The molecule has 0 unspecified atom stereocenters. The van der Waals surface area contributed by atoms with Crippen LogP contribution in [-0.4, -0.2) is 32.5 Å². The Labute approximate surface area is 192 Å². The molecule has 2 heterocycles. The molecule has 0 saturated heterocycles. The topological polar surface area (TPSA) is 81.9 Å². The number of nitrogens with one attached hydrogen (secondary N) is 1. The molecule has 1 N–H and O–H groups in total. The third-order valence-corrected chi connectivity index (χ3v) is 6.44. The fourth-order valence-corrected chi connectivity index (χ4v) is 4.51. The fraction of sp³-hybridized carbons (Fsp3) is 0.182. The van der Waals surface area contributed by atoms with E-state index in [4.69, 9.17) is 4.74 Å². The lowest BCUT2D eigenvalue weighted by molar-refractivity contribution is 0.101. The van der Waals surface area contributed by atoms with Gasteiger partial charge in [-0.05, 0) is 43.7 Å². The lowest BCUT2D eigenvalue weighted by Gasteiger charge is -2.02. The summed E-state index contributed by atoms with van der Waals surface area (Å²) in [4.78, 5) is 12.8. The molecule has 4 aromatic rings. The largest absolute Gasteiger partial charge is 0.490 e. The average molecular weight is 470 g/mol. The smallest absolute Gasteiger partial charge is 0.281 e. The van der Waals surface area contributed by atoms with Gasteiger partial charge >= 0.3 is 0 Å². The van der Waals surface area contributed by atoms with Crippen LogP contribution in [0.4, 0.5) is 9.52 Å². The Bertz CT molecular complexity index is 1210. The van der Waals surface area contributed by atoms with Crippen molar-refractivity contribution in [3.63, 3.8) is 0 Å². The number of amides is 1. The number of thioether (sulfide) groups is 1. The predicted octanol–water partition coefficient (Wildman–Crippen LogP) is 5.11. The Balaban J connectivity index is 1.45. The number of ether oxygens (including phenoxy) is 1. The molecule has 0 fully saturated rings. The second kappa shape index (κ2) is 9.92. The van der Waals surface area contributed by atoms with E-state index in [0.29, 0.717) is 23.2 Å². The summed E-state index contributed by atoms with van der Waals surface area (Å²) >= 11 is 2.85. The van der Waals surface area contributed by atoms with E-state index in [1.807, 2.05) is 6.92 Å². The van der Waals surface area contributed by atoms with E-state index in [1.165, 1.54) is 39.3 Å². The highest BCUT2D eigenvalue weighted by Gasteiger charge is 2.20. The minimum absolute atomic E-state index is 0.111. The fourth-order valence-electron chi connectivity index (χ4n) is 2.81. The van der Waals surface area contributed by atoms with Crippen LogP contribution in [0.15, 0.2) is 59.1 Å².